The fourth-order valence-corrected chi connectivity index (χ4v) is 4.51. The van der Waals surface area contributed by atoms with Crippen LogP contribution in [0.25, 0.3) is 22.0 Å². The Kier molecular flexibility index (Phi) is 6.12. The lowest BCUT2D eigenvalue weighted by Gasteiger charge is -2.21. The molecule has 1 fully saturated rings. The highest BCUT2D eigenvalue weighted by Crippen LogP contribution is 2.28. The van der Waals surface area contributed by atoms with Crippen LogP contribution < -0.4 is 5.32 Å². The second kappa shape index (κ2) is 8.70. The lowest BCUT2D eigenvalue weighted by atomic mass is 9.98. The van der Waals surface area contributed by atoms with Crippen molar-refractivity contribution in [2.75, 3.05) is 13.2 Å². The van der Waals surface area contributed by atoms with Gasteiger partial charge in [0.2, 0.25) is 0 Å². The molecule has 2 atom stereocenters. The summed E-state index contributed by atoms with van der Waals surface area (Å²) in [7, 11) is 0. The zero-order valence-corrected chi connectivity index (χ0v) is 19.3. The molecule has 4 rings (SSSR count). The van der Waals surface area contributed by atoms with E-state index in [4.69, 9.17) is 0 Å². The van der Waals surface area contributed by atoms with Gasteiger partial charge in [-0.2, -0.15) is 0 Å². The fourth-order valence-electron chi connectivity index (χ4n) is 4.51. The van der Waals surface area contributed by atoms with Gasteiger partial charge in [-0.3, -0.25) is 9.69 Å². The Morgan fingerprint density at radius 2 is 1.94 bits per heavy atom. The Hall–Kier alpha value is -2.67. The van der Waals surface area contributed by atoms with E-state index in [1.807, 2.05) is 39.8 Å². The number of aryl methyl sites for hydroxylation is 1. The number of nitrogens with zero attached hydrogens (tertiary/aromatic N) is 1. The topological polar surface area (TPSA) is 88.6 Å². The summed E-state index contributed by atoms with van der Waals surface area (Å²) >= 11 is 0. The normalized spacial score (nSPS) is 19.6. The molecule has 0 spiro atoms. The number of fused-ring (bicyclic) bond motifs is 1. The van der Waals surface area contributed by atoms with E-state index >= 15 is 0 Å². The van der Waals surface area contributed by atoms with Crippen molar-refractivity contribution in [3.05, 3.63) is 59.3 Å². The minimum absolute atomic E-state index is 0.00284. The van der Waals surface area contributed by atoms with Crippen molar-refractivity contribution in [3.63, 3.8) is 0 Å². The Labute approximate surface area is 189 Å². The van der Waals surface area contributed by atoms with Gasteiger partial charge in [-0.05, 0) is 81.1 Å². The molecule has 1 saturated heterocycles. The highest BCUT2D eigenvalue weighted by Gasteiger charge is 2.30. The number of carbonyl (C=O) groups is 1. The van der Waals surface area contributed by atoms with E-state index in [1.54, 1.807) is 0 Å². The summed E-state index contributed by atoms with van der Waals surface area (Å²) in [5, 5.41) is 23.7. The number of carbonyl (C=O) groups excluding carboxylic acids is 1. The average molecular weight is 436 g/mol. The van der Waals surface area contributed by atoms with Crippen molar-refractivity contribution < 1.29 is 15.0 Å². The number of rotatable bonds is 5. The van der Waals surface area contributed by atoms with E-state index in [9.17, 15) is 15.0 Å². The zero-order chi connectivity index (χ0) is 23.0. The number of aliphatic hydroxyl groups excluding tert-OH is 2. The lowest BCUT2D eigenvalue weighted by molar-refractivity contribution is 0.0919. The highest BCUT2D eigenvalue weighted by atomic mass is 16.3. The lowest BCUT2D eigenvalue weighted by Crippen LogP contribution is -2.40. The summed E-state index contributed by atoms with van der Waals surface area (Å²) in [5.41, 5.74) is 5.58. The van der Waals surface area contributed by atoms with Crippen LogP contribution in [-0.2, 0) is 6.54 Å². The van der Waals surface area contributed by atoms with Crippen molar-refractivity contribution in [2.45, 2.75) is 58.3 Å². The quantitative estimate of drug-likeness (QED) is 0.493. The SMILES string of the molecule is Cc1cc(C(=O)NC(C)(C)C)cc(-c2ccc3[nH]c(CN4CC(O)C[C@@H]4CO)cc3c2)c1. The first-order chi connectivity index (χ1) is 15.1. The number of amides is 1. The Morgan fingerprint density at radius 3 is 2.66 bits per heavy atom. The predicted molar refractivity (Wildman–Crippen MR) is 128 cm³/mol. The minimum Gasteiger partial charge on any atom is -0.395 e. The molecular weight excluding hydrogens is 402 g/mol. The molecule has 170 valence electrons. The third-order valence-corrected chi connectivity index (χ3v) is 5.93. The van der Waals surface area contributed by atoms with E-state index in [2.05, 4.69) is 45.5 Å². The summed E-state index contributed by atoms with van der Waals surface area (Å²) in [6, 6.07) is 14.3. The minimum atomic E-state index is -0.380. The number of likely N-dealkylation sites (tertiary alicyclic amines) is 1. The van der Waals surface area contributed by atoms with Gasteiger partial charge in [0, 0.05) is 46.8 Å². The summed E-state index contributed by atoms with van der Waals surface area (Å²) in [4.78, 5) is 18.3. The van der Waals surface area contributed by atoms with Crippen LogP contribution in [0.2, 0.25) is 0 Å². The van der Waals surface area contributed by atoms with Crippen molar-refractivity contribution in [1.82, 2.24) is 15.2 Å². The van der Waals surface area contributed by atoms with Gasteiger partial charge in [0.05, 0.1) is 12.7 Å². The zero-order valence-electron chi connectivity index (χ0n) is 19.3. The number of hydrogen-bond donors (Lipinski definition) is 4. The number of aromatic nitrogens is 1. The van der Waals surface area contributed by atoms with Crippen LogP contribution in [0.1, 0.15) is 48.8 Å². The third-order valence-electron chi connectivity index (χ3n) is 5.93. The van der Waals surface area contributed by atoms with Crippen LogP contribution >= 0.6 is 0 Å². The van der Waals surface area contributed by atoms with E-state index in [1.165, 1.54) is 0 Å². The van der Waals surface area contributed by atoms with Crippen LogP contribution in [0.4, 0.5) is 0 Å². The molecule has 3 aromatic rings. The smallest absolute Gasteiger partial charge is 0.251 e. The number of aliphatic hydroxyl groups is 2. The molecule has 1 aromatic heterocycles. The highest BCUT2D eigenvalue weighted by molar-refractivity contribution is 5.96. The number of benzene rings is 2. The molecule has 0 aliphatic carbocycles. The molecule has 2 aromatic carbocycles. The molecule has 0 saturated carbocycles. The summed E-state index contributed by atoms with van der Waals surface area (Å²) in [6.07, 6.45) is 0.230. The average Bonchev–Trinajstić information content (AvgIpc) is 3.27. The maximum absolute atomic E-state index is 12.7. The number of hydrogen-bond acceptors (Lipinski definition) is 4. The van der Waals surface area contributed by atoms with Crippen molar-refractivity contribution in [2.24, 2.45) is 0 Å². The largest absolute Gasteiger partial charge is 0.395 e. The molecule has 2 heterocycles. The molecular formula is C26H33N3O3. The summed E-state index contributed by atoms with van der Waals surface area (Å²) < 4.78 is 0. The molecule has 32 heavy (non-hydrogen) atoms. The first-order valence-electron chi connectivity index (χ1n) is 11.2. The van der Waals surface area contributed by atoms with Gasteiger partial charge < -0.3 is 20.5 Å². The number of β-amino-alcohol motifs (C(OH)–C–C–N with tert-alkyl or cyclic N) is 1. The number of H-pyrrole nitrogens is 1. The number of nitrogens with one attached hydrogen (secondary N) is 2. The van der Waals surface area contributed by atoms with Gasteiger partial charge in [0.15, 0.2) is 0 Å². The van der Waals surface area contributed by atoms with Crippen LogP contribution in [0.3, 0.4) is 0 Å². The van der Waals surface area contributed by atoms with Gasteiger partial charge in [0.1, 0.15) is 0 Å². The predicted octanol–water partition coefficient (Wildman–Crippen LogP) is 3.60. The van der Waals surface area contributed by atoms with Gasteiger partial charge in [-0.1, -0.05) is 12.1 Å². The van der Waals surface area contributed by atoms with E-state index in [0.717, 1.165) is 33.3 Å². The first-order valence-corrected chi connectivity index (χ1v) is 11.2. The molecule has 6 heteroatoms. The second-order valence-corrected chi connectivity index (χ2v) is 10.0. The molecule has 1 aliphatic rings. The molecule has 1 amide bonds. The third kappa shape index (κ3) is 5.04. The van der Waals surface area contributed by atoms with Crippen molar-refractivity contribution in [1.29, 1.82) is 0 Å². The van der Waals surface area contributed by atoms with Crippen molar-refractivity contribution >= 4 is 16.8 Å². The molecule has 4 N–H and O–H groups in total. The van der Waals surface area contributed by atoms with E-state index < -0.39 is 0 Å². The van der Waals surface area contributed by atoms with Crippen LogP contribution in [0.5, 0.6) is 0 Å². The van der Waals surface area contributed by atoms with Crippen LogP contribution in [-0.4, -0.2) is 56.8 Å². The van der Waals surface area contributed by atoms with E-state index in [0.29, 0.717) is 25.1 Å². The monoisotopic (exact) mass is 435 g/mol. The van der Waals surface area contributed by atoms with Crippen molar-refractivity contribution in [3.8, 4) is 11.1 Å². The van der Waals surface area contributed by atoms with Crippen LogP contribution in [0, 0.1) is 6.92 Å². The Balaban J connectivity index is 1.60. The van der Waals surface area contributed by atoms with Crippen LogP contribution in [0.15, 0.2) is 42.5 Å². The summed E-state index contributed by atoms with van der Waals surface area (Å²) in [6.45, 7) is 9.23. The molecule has 0 radical (unpaired) electrons. The second-order valence-electron chi connectivity index (χ2n) is 10.0. The fraction of sp³-hybridized carbons (Fsp3) is 0.423. The maximum atomic E-state index is 12.7. The van der Waals surface area contributed by atoms with Gasteiger partial charge in [-0.15, -0.1) is 0 Å². The Bertz CT molecular complexity index is 1130. The molecule has 6 nitrogen and oxygen atoms in total. The number of aromatic amines is 1. The molecule has 0 bridgehead atoms. The molecule has 1 aliphatic heterocycles. The summed E-state index contributed by atoms with van der Waals surface area (Å²) in [5.74, 6) is -0.0707. The maximum Gasteiger partial charge on any atom is 0.251 e. The van der Waals surface area contributed by atoms with E-state index in [-0.39, 0.29) is 30.2 Å². The standard InChI is InChI=1S/C26H33N3O3/c1-16-7-18(10-20(8-16)25(32)28-26(2,3)4)17-5-6-24-19(9-17)11-21(27-24)13-29-14-23(31)12-22(29)15-30/h5-11,22-23,27,30-31H,12-15H2,1-4H3,(H,28,32)/t22-,23?/m1/s1. The van der Waals surface area contributed by atoms with Gasteiger partial charge in [0.25, 0.3) is 5.91 Å². The Morgan fingerprint density at radius 1 is 1.16 bits per heavy atom. The molecule has 1 unspecified atom stereocenters. The van der Waals surface area contributed by atoms with Gasteiger partial charge >= 0.3 is 0 Å². The first kappa shape index (κ1) is 22.5. The van der Waals surface area contributed by atoms with Gasteiger partial charge in [-0.25, -0.2) is 0 Å².